The van der Waals surface area contributed by atoms with Crippen molar-refractivity contribution in [3.05, 3.63) is 29.3 Å². The van der Waals surface area contributed by atoms with E-state index in [1.165, 1.54) is 35.6 Å². The zero-order valence-corrected chi connectivity index (χ0v) is 16.5. The minimum atomic E-state index is 0.281. The number of piperidine rings is 1. The molecular weight excluding hydrogens is 344 g/mol. The van der Waals surface area contributed by atoms with E-state index in [2.05, 4.69) is 46.0 Å². The molecule has 6 heteroatoms. The molecule has 2 aliphatic heterocycles. The number of piperazine rings is 1. The number of thiazole rings is 1. The van der Waals surface area contributed by atoms with Crippen LogP contribution in [0.3, 0.4) is 0 Å². The summed E-state index contributed by atoms with van der Waals surface area (Å²) in [5.74, 6) is 0. The topological polar surface area (TPSA) is 42.8 Å². The second kappa shape index (κ2) is 8.31. The Hall–Kier alpha value is -1.05. The van der Waals surface area contributed by atoms with Crippen LogP contribution in [0.15, 0.2) is 24.3 Å². The molecule has 0 amide bonds. The monoisotopic (exact) mass is 374 g/mol. The molecule has 2 aromatic rings. The van der Waals surface area contributed by atoms with Crippen molar-refractivity contribution in [3.63, 3.8) is 0 Å². The predicted octanol–water partition coefficient (Wildman–Crippen LogP) is 2.26. The molecule has 26 heavy (non-hydrogen) atoms. The minimum absolute atomic E-state index is 0.281. The number of hydrogen-bond donors (Lipinski definition) is 1. The van der Waals surface area contributed by atoms with E-state index in [1.54, 1.807) is 0 Å². The normalized spacial score (nSPS) is 24.5. The lowest BCUT2D eigenvalue weighted by Gasteiger charge is -2.47. The number of benzene rings is 1. The van der Waals surface area contributed by atoms with E-state index in [9.17, 15) is 5.11 Å². The van der Waals surface area contributed by atoms with Crippen molar-refractivity contribution in [2.24, 2.45) is 0 Å². The number of aromatic nitrogens is 1. The largest absolute Gasteiger partial charge is 0.396 e. The van der Waals surface area contributed by atoms with Crippen LogP contribution in [0.5, 0.6) is 0 Å². The Balaban J connectivity index is 1.40. The summed E-state index contributed by atoms with van der Waals surface area (Å²) in [4.78, 5) is 12.5. The van der Waals surface area contributed by atoms with Crippen molar-refractivity contribution in [3.8, 4) is 0 Å². The van der Waals surface area contributed by atoms with Gasteiger partial charge in [0.1, 0.15) is 5.01 Å². The maximum absolute atomic E-state index is 9.58. The number of likely N-dealkylation sites (tertiary alicyclic amines) is 1. The lowest BCUT2D eigenvalue weighted by atomic mass is 9.98. The average molecular weight is 375 g/mol. The summed E-state index contributed by atoms with van der Waals surface area (Å²) in [6.07, 6.45) is 3.40. The highest BCUT2D eigenvalue weighted by atomic mass is 32.1. The fourth-order valence-corrected chi connectivity index (χ4v) is 5.48. The SMILES string of the molecule is CN1CCC(N2CCN(Cc3nc4ccccc4s3)CC2CCO)CC1. The standard InChI is InChI=1S/C20H30N4OS/c1-22-9-6-16(7-10-22)24-12-11-23(14-17(24)8-13-25)15-20-21-18-4-2-3-5-19(18)26-20/h2-5,16-17,25H,6-15H2,1H3. The number of aliphatic hydroxyl groups excluding tert-OH is 1. The zero-order chi connectivity index (χ0) is 17.9. The van der Waals surface area contributed by atoms with Crippen LogP contribution in [0.2, 0.25) is 0 Å². The van der Waals surface area contributed by atoms with Gasteiger partial charge in [0.15, 0.2) is 0 Å². The van der Waals surface area contributed by atoms with E-state index < -0.39 is 0 Å². The molecule has 1 unspecified atom stereocenters. The number of aliphatic hydroxyl groups is 1. The molecule has 0 radical (unpaired) electrons. The van der Waals surface area contributed by atoms with E-state index in [-0.39, 0.29) is 6.61 Å². The van der Waals surface area contributed by atoms with Crippen molar-refractivity contribution in [1.82, 2.24) is 19.7 Å². The Morgan fingerprint density at radius 3 is 2.73 bits per heavy atom. The van der Waals surface area contributed by atoms with Crippen LogP contribution in [-0.4, -0.2) is 83.3 Å². The fraction of sp³-hybridized carbons (Fsp3) is 0.650. The van der Waals surface area contributed by atoms with Gasteiger partial charge in [0.05, 0.1) is 16.8 Å². The lowest BCUT2D eigenvalue weighted by Crippen LogP contribution is -2.58. The first-order valence-electron chi connectivity index (χ1n) is 9.85. The average Bonchev–Trinajstić information content (AvgIpc) is 3.05. The van der Waals surface area contributed by atoms with E-state index in [1.807, 2.05) is 11.3 Å². The Bertz CT molecular complexity index is 680. The third-order valence-electron chi connectivity index (χ3n) is 5.93. The van der Waals surface area contributed by atoms with E-state index >= 15 is 0 Å². The van der Waals surface area contributed by atoms with Gasteiger partial charge in [-0.2, -0.15) is 0 Å². The van der Waals surface area contributed by atoms with Gasteiger partial charge in [-0.1, -0.05) is 12.1 Å². The molecule has 0 spiro atoms. The van der Waals surface area contributed by atoms with Crippen LogP contribution in [0.25, 0.3) is 10.2 Å². The van der Waals surface area contributed by atoms with Gasteiger partial charge in [-0.15, -0.1) is 11.3 Å². The van der Waals surface area contributed by atoms with Gasteiger partial charge >= 0.3 is 0 Å². The molecule has 142 valence electrons. The van der Waals surface area contributed by atoms with E-state index in [4.69, 9.17) is 4.98 Å². The number of nitrogens with zero attached hydrogens (tertiary/aromatic N) is 4. The molecule has 0 saturated carbocycles. The number of hydrogen-bond acceptors (Lipinski definition) is 6. The van der Waals surface area contributed by atoms with Gasteiger partial charge in [0, 0.05) is 38.3 Å². The van der Waals surface area contributed by atoms with Crippen molar-refractivity contribution < 1.29 is 5.11 Å². The molecule has 0 aliphatic carbocycles. The summed E-state index contributed by atoms with van der Waals surface area (Å²) >= 11 is 1.81. The Kier molecular flexibility index (Phi) is 5.86. The quantitative estimate of drug-likeness (QED) is 0.870. The first-order valence-corrected chi connectivity index (χ1v) is 10.7. The summed E-state index contributed by atoms with van der Waals surface area (Å²) in [6, 6.07) is 9.56. The second-order valence-corrected chi connectivity index (χ2v) is 8.86. The van der Waals surface area contributed by atoms with Crippen LogP contribution >= 0.6 is 11.3 Å². The zero-order valence-electron chi connectivity index (χ0n) is 15.7. The van der Waals surface area contributed by atoms with Crippen LogP contribution in [-0.2, 0) is 6.54 Å². The molecule has 4 rings (SSSR count). The van der Waals surface area contributed by atoms with E-state index in [0.29, 0.717) is 12.1 Å². The summed E-state index contributed by atoms with van der Waals surface area (Å²) in [5, 5.41) is 10.8. The molecule has 1 aromatic carbocycles. The fourth-order valence-electron chi connectivity index (χ4n) is 4.47. The molecule has 3 heterocycles. The first-order chi connectivity index (χ1) is 12.7. The van der Waals surface area contributed by atoms with Gasteiger partial charge in [0.2, 0.25) is 0 Å². The maximum atomic E-state index is 9.58. The third-order valence-corrected chi connectivity index (χ3v) is 6.95. The summed E-state index contributed by atoms with van der Waals surface area (Å²) in [6.45, 7) is 6.87. The van der Waals surface area contributed by atoms with Crippen molar-refractivity contribution in [2.75, 3.05) is 46.4 Å². The molecule has 2 saturated heterocycles. The number of fused-ring (bicyclic) bond motifs is 1. The van der Waals surface area contributed by atoms with Gasteiger partial charge < -0.3 is 10.0 Å². The Morgan fingerprint density at radius 2 is 1.96 bits per heavy atom. The summed E-state index contributed by atoms with van der Waals surface area (Å²) < 4.78 is 1.28. The molecular formula is C20H30N4OS. The van der Waals surface area contributed by atoms with Gasteiger partial charge in [-0.3, -0.25) is 9.80 Å². The number of para-hydroxylation sites is 1. The number of rotatable bonds is 5. The highest BCUT2D eigenvalue weighted by Crippen LogP contribution is 2.26. The minimum Gasteiger partial charge on any atom is -0.396 e. The van der Waals surface area contributed by atoms with Crippen LogP contribution in [0, 0.1) is 0 Å². The highest BCUT2D eigenvalue weighted by molar-refractivity contribution is 7.18. The Morgan fingerprint density at radius 1 is 1.15 bits per heavy atom. The second-order valence-electron chi connectivity index (χ2n) is 7.75. The van der Waals surface area contributed by atoms with Gasteiger partial charge in [-0.05, 0) is 51.5 Å². The van der Waals surface area contributed by atoms with Gasteiger partial charge in [0.25, 0.3) is 0 Å². The van der Waals surface area contributed by atoms with Crippen LogP contribution in [0.1, 0.15) is 24.3 Å². The molecule has 5 nitrogen and oxygen atoms in total. The van der Waals surface area contributed by atoms with Crippen LogP contribution < -0.4 is 0 Å². The highest BCUT2D eigenvalue weighted by Gasteiger charge is 2.33. The first kappa shape index (κ1) is 18.3. The van der Waals surface area contributed by atoms with E-state index in [0.717, 1.165) is 38.1 Å². The molecule has 0 bridgehead atoms. The Labute approximate surface area is 160 Å². The maximum Gasteiger partial charge on any atom is 0.108 e. The predicted molar refractivity (Wildman–Crippen MR) is 108 cm³/mol. The summed E-state index contributed by atoms with van der Waals surface area (Å²) in [5.41, 5.74) is 1.12. The third kappa shape index (κ3) is 4.10. The molecule has 1 aromatic heterocycles. The summed E-state index contributed by atoms with van der Waals surface area (Å²) in [7, 11) is 2.22. The lowest BCUT2D eigenvalue weighted by molar-refractivity contribution is 0.00600. The molecule has 1 N–H and O–H groups in total. The molecule has 2 fully saturated rings. The van der Waals surface area contributed by atoms with Crippen molar-refractivity contribution in [1.29, 1.82) is 0 Å². The smallest absolute Gasteiger partial charge is 0.108 e. The van der Waals surface area contributed by atoms with Crippen molar-refractivity contribution in [2.45, 2.75) is 37.9 Å². The van der Waals surface area contributed by atoms with Crippen LogP contribution in [0.4, 0.5) is 0 Å². The molecule has 2 aliphatic rings. The molecule has 1 atom stereocenters. The van der Waals surface area contributed by atoms with Gasteiger partial charge in [-0.25, -0.2) is 4.98 Å². The van der Waals surface area contributed by atoms with Crippen molar-refractivity contribution >= 4 is 21.6 Å².